The summed E-state index contributed by atoms with van der Waals surface area (Å²) in [7, 11) is 0. The lowest BCUT2D eigenvalue weighted by Gasteiger charge is -2.19. The van der Waals surface area contributed by atoms with Crippen LogP contribution in [0.4, 0.5) is 5.82 Å². The molecule has 0 saturated carbocycles. The third-order valence-corrected chi connectivity index (χ3v) is 6.28. The Morgan fingerprint density at radius 1 is 1.17 bits per heavy atom. The molecule has 1 aromatic heterocycles. The van der Waals surface area contributed by atoms with E-state index in [1.165, 1.54) is 0 Å². The Morgan fingerprint density at radius 2 is 1.97 bits per heavy atom. The summed E-state index contributed by atoms with van der Waals surface area (Å²) in [6.07, 6.45) is 0. The average molecular weight is 446 g/mol. The van der Waals surface area contributed by atoms with E-state index in [-0.39, 0.29) is 5.84 Å². The van der Waals surface area contributed by atoms with Crippen LogP contribution < -0.4 is 38.4 Å². The summed E-state index contributed by atoms with van der Waals surface area (Å²) in [6, 6.07) is 12.9. The second-order valence-electron chi connectivity index (χ2n) is 6.12. The van der Waals surface area contributed by atoms with Crippen molar-refractivity contribution in [3.05, 3.63) is 48.0 Å². The van der Waals surface area contributed by atoms with Crippen molar-refractivity contribution in [1.29, 1.82) is 0 Å². The van der Waals surface area contributed by atoms with E-state index in [9.17, 15) is 4.55 Å². The first kappa shape index (κ1) is 22.1. The molecule has 0 amide bonds. The zero-order valence-electron chi connectivity index (χ0n) is 16.0. The zero-order valence-corrected chi connectivity index (χ0v) is 17.6. The van der Waals surface area contributed by atoms with Crippen molar-refractivity contribution in [3.8, 4) is 11.1 Å². The third kappa shape index (κ3) is 4.44. The van der Waals surface area contributed by atoms with Crippen LogP contribution in [0.2, 0.25) is 0 Å². The summed E-state index contributed by atoms with van der Waals surface area (Å²) < 4.78 is 15.6. The van der Waals surface area contributed by atoms with E-state index in [2.05, 4.69) is 20.3 Å². The number of fused-ring (bicyclic) bond motifs is 1. The van der Waals surface area contributed by atoms with Crippen molar-refractivity contribution < 1.29 is 4.55 Å². The van der Waals surface area contributed by atoms with E-state index in [1.54, 1.807) is 18.2 Å². The lowest BCUT2D eigenvalue weighted by molar-refractivity contribution is 0.579. The monoisotopic (exact) mass is 445 g/mol. The molecule has 0 aliphatic heterocycles. The molecule has 10 nitrogen and oxygen atoms in total. The highest BCUT2D eigenvalue weighted by Gasteiger charge is 2.25. The molecule has 0 aliphatic carbocycles. The molecule has 1 atom stereocenters. The standard InChI is InChI=1S/C18H23N9OS2/c19-8-9-24-30(28)13-6-5-11(15(17(13)29-23)18(21)26-27-22)12-3-1-2-10-4-7-14(20)25-16(10)12/h1-7,24,27H,8-9,19,22-23H2,(H2,20,25)(H2,21,26). The van der Waals surface area contributed by atoms with Gasteiger partial charge in [-0.3, -0.25) is 5.14 Å². The van der Waals surface area contributed by atoms with Crippen molar-refractivity contribution in [2.75, 3.05) is 18.8 Å². The van der Waals surface area contributed by atoms with Gasteiger partial charge >= 0.3 is 0 Å². The molecule has 12 heteroatoms. The number of hydrazone groups is 1. The minimum Gasteiger partial charge on any atom is -0.593 e. The van der Waals surface area contributed by atoms with Gasteiger partial charge in [-0.25, -0.2) is 16.4 Å². The highest BCUT2D eigenvalue weighted by Crippen LogP contribution is 2.37. The van der Waals surface area contributed by atoms with E-state index in [4.69, 9.17) is 28.2 Å². The SMILES string of the molecule is NCCN[S+]([O-])c1ccc(-c2cccc3ccc(N)nc23)c(/C(N)=N/NN)c1SN. The number of hydrogen-bond acceptors (Lipinski definition) is 10. The summed E-state index contributed by atoms with van der Waals surface area (Å²) in [5.41, 5.74) is 22.5. The summed E-state index contributed by atoms with van der Waals surface area (Å²) in [6.45, 7) is 0.713. The van der Waals surface area contributed by atoms with Gasteiger partial charge in [0.15, 0.2) is 10.7 Å². The first-order chi connectivity index (χ1) is 14.5. The van der Waals surface area contributed by atoms with E-state index in [0.717, 1.165) is 22.9 Å². The molecule has 0 bridgehead atoms. The Bertz CT molecular complexity index is 1080. The number of nitrogen functional groups attached to an aromatic ring is 1. The Morgan fingerprint density at radius 3 is 2.67 bits per heavy atom. The third-order valence-electron chi connectivity index (χ3n) is 4.29. The zero-order chi connectivity index (χ0) is 21.7. The molecule has 0 fully saturated rings. The van der Waals surface area contributed by atoms with Crippen molar-refractivity contribution in [2.45, 2.75) is 9.79 Å². The second-order valence-corrected chi connectivity index (χ2v) is 8.03. The molecule has 0 radical (unpaired) electrons. The van der Waals surface area contributed by atoms with Gasteiger partial charge in [0.2, 0.25) is 0 Å². The van der Waals surface area contributed by atoms with Gasteiger partial charge in [-0.15, -0.1) is 9.82 Å². The highest BCUT2D eigenvalue weighted by atomic mass is 32.2. The summed E-state index contributed by atoms with van der Waals surface area (Å²) in [5.74, 6) is 5.82. The second kappa shape index (κ2) is 9.95. The molecule has 1 heterocycles. The molecule has 0 spiro atoms. The topological polar surface area (TPSA) is 202 Å². The van der Waals surface area contributed by atoms with Gasteiger partial charge in [0.25, 0.3) is 0 Å². The number of aromatic nitrogens is 1. The van der Waals surface area contributed by atoms with E-state index >= 15 is 0 Å². The van der Waals surface area contributed by atoms with Crippen molar-refractivity contribution in [2.24, 2.45) is 27.6 Å². The normalized spacial score (nSPS) is 12.9. The van der Waals surface area contributed by atoms with Crippen molar-refractivity contribution >= 4 is 45.9 Å². The number of pyridine rings is 1. The lowest BCUT2D eigenvalue weighted by atomic mass is 9.96. The maximum Gasteiger partial charge on any atom is 0.189 e. The number of benzene rings is 2. The predicted octanol–water partition coefficient (Wildman–Crippen LogP) is 0.104. The number of nitrogens with zero attached hydrogens (tertiary/aromatic N) is 2. The van der Waals surface area contributed by atoms with Crippen LogP contribution in [0.5, 0.6) is 0 Å². The fourth-order valence-corrected chi connectivity index (χ4v) is 4.85. The summed E-state index contributed by atoms with van der Waals surface area (Å²) in [4.78, 5) is 5.43. The van der Waals surface area contributed by atoms with Crippen LogP contribution in [0, 0.1) is 0 Å². The van der Waals surface area contributed by atoms with Gasteiger partial charge in [0.05, 0.1) is 28.3 Å². The molecular weight excluding hydrogens is 422 g/mol. The lowest BCUT2D eigenvalue weighted by Crippen LogP contribution is -2.30. The first-order valence-corrected chi connectivity index (χ1v) is 10.9. The van der Waals surface area contributed by atoms with Crippen LogP contribution in [0.3, 0.4) is 0 Å². The van der Waals surface area contributed by atoms with Gasteiger partial charge < -0.3 is 21.8 Å². The Kier molecular flexibility index (Phi) is 7.33. The smallest absolute Gasteiger partial charge is 0.189 e. The fourth-order valence-electron chi connectivity index (χ4n) is 3.04. The molecule has 30 heavy (non-hydrogen) atoms. The number of hydrazine groups is 1. The Balaban J connectivity index is 2.30. The van der Waals surface area contributed by atoms with Crippen LogP contribution in [0.1, 0.15) is 5.56 Å². The quantitative estimate of drug-likeness (QED) is 0.0622. The van der Waals surface area contributed by atoms with E-state index < -0.39 is 11.4 Å². The molecule has 0 aliphatic rings. The van der Waals surface area contributed by atoms with Gasteiger partial charge in [-0.05, 0) is 41.8 Å². The first-order valence-electron chi connectivity index (χ1n) is 8.85. The van der Waals surface area contributed by atoms with Gasteiger partial charge in [-0.1, -0.05) is 18.2 Å². The molecule has 0 saturated heterocycles. The highest BCUT2D eigenvalue weighted by molar-refractivity contribution is 7.98. The van der Waals surface area contributed by atoms with Gasteiger partial charge in [0, 0.05) is 23.1 Å². The van der Waals surface area contributed by atoms with Gasteiger partial charge in [0.1, 0.15) is 5.82 Å². The molecule has 2 aromatic carbocycles. The number of amidine groups is 1. The number of rotatable bonds is 8. The summed E-state index contributed by atoms with van der Waals surface area (Å²) in [5, 5.41) is 10.8. The molecule has 12 N–H and O–H groups in total. The van der Waals surface area contributed by atoms with Crippen LogP contribution in [-0.2, 0) is 11.4 Å². The number of para-hydroxylation sites is 1. The maximum atomic E-state index is 12.7. The number of nitrogens with two attached hydrogens (primary N) is 5. The molecule has 3 aromatic rings. The van der Waals surface area contributed by atoms with Crippen LogP contribution in [0.25, 0.3) is 22.0 Å². The number of hydrogen-bond donors (Lipinski definition) is 7. The van der Waals surface area contributed by atoms with Crippen LogP contribution in [0.15, 0.2) is 57.4 Å². The number of anilines is 1. The van der Waals surface area contributed by atoms with Crippen LogP contribution in [-0.4, -0.2) is 28.5 Å². The molecule has 1 unspecified atom stereocenters. The summed E-state index contributed by atoms with van der Waals surface area (Å²) >= 11 is -0.633. The molecular formula is C18H23N9OS2. The Labute approximate surface area is 181 Å². The molecule has 158 valence electrons. The maximum absolute atomic E-state index is 12.7. The van der Waals surface area contributed by atoms with Gasteiger partial charge in [-0.2, -0.15) is 0 Å². The van der Waals surface area contributed by atoms with Crippen molar-refractivity contribution in [3.63, 3.8) is 0 Å². The van der Waals surface area contributed by atoms with E-state index in [1.807, 2.05) is 24.3 Å². The number of nitrogens with one attached hydrogen (secondary N) is 2. The Hall–Kier alpha value is -2.58. The predicted molar refractivity (Wildman–Crippen MR) is 123 cm³/mol. The minimum absolute atomic E-state index is 0.0824. The van der Waals surface area contributed by atoms with Crippen LogP contribution >= 0.6 is 11.9 Å². The minimum atomic E-state index is -1.55. The fraction of sp³-hybridized carbons (Fsp3) is 0.111. The molecule has 3 rings (SSSR count). The largest absolute Gasteiger partial charge is 0.593 e. The average Bonchev–Trinajstić information content (AvgIpc) is 2.76. The van der Waals surface area contributed by atoms with E-state index in [0.29, 0.717) is 45.3 Å². The van der Waals surface area contributed by atoms with Crippen molar-refractivity contribution in [1.82, 2.24) is 15.2 Å².